The van der Waals surface area contributed by atoms with Crippen LogP contribution in [0.5, 0.6) is 0 Å². The Hall–Kier alpha value is -2.64. The molecule has 0 aliphatic rings. The highest BCUT2D eigenvalue weighted by atomic mass is 79.9. The van der Waals surface area contributed by atoms with Crippen molar-refractivity contribution >= 4 is 27.4 Å². The largest absolute Gasteiger partial charge is 0.383 e. The van der Waals surface area contributed by atoms with Crippen LogP contribution in [0.1, 0.15) is 5.56 Å². The summed E-state index contributed by atoms with van der Waals surface area (Å²) in [5, 5.41) is 0. The van der Waals surface area contributed by atoms with Crippen molar-refractivity contribution in [3.8, 4) is 22.4 Å². The number of nitrogens with zero attached hydrogens (tertiary/aromatic N) is 2. The van der Waals surface area contributed by atoms with Gasteiger partial charge < -0.3 is 5.73 Å². The molecule has 0 amide bonds. The minimum absolute atomic E-state index is 0.460. The Kier molecular flexibility index (Phi) is 4.14. The highest BCUT2D eigenvalue weighted by Gasteiger charge is 2.12. The van der Waals surface area contributed by atoms with Crippen molar-refractivity contribution in [2.24, 2.45) is 0 Å². The fraction of sp³-hybridized carbons (Fsp3) is 0.0526. The van der Waals surface area contributed by atoms with Crippen molar-refractivity contribution in [2.75, 3.05) is 5.73 Å². The number of anilines is 1. The van der Waals surface area contributed by atoms with Crippen molar-refractivity contribution in [3.63, 3.8) is 0 Å². The zero-order valence-corrected chi connectivity index (χ0v) is 14.1. The lowest BCUT2D eigenvalue weighted by molar-refractivity contribution is 1.31. The molecule has 3 nitrogen and oxygen atoms in total. The van der Waals surface area contributed by atoms with Gasteiger partial charge in [-0.3, -0.25) is 0 Å². The van der Waals surface area contributed by atoms with E-state index in [1.165, 1.54) is 5.56 Å². The van der Waals surface area contributed by atoms with Gasteiger partial charge in [0.25, 0.3) is 0 Å². The summed E-state index contributed by atoms with van der Waals surface area (Å²) >= 11 is 3.45. The van der Waals surface area contributed by atoms with E-state index in [4.69, 9.17) is 12.3 Å². The molecule has 1 aromatic heterocycles. The molecule has 2 N–H and O–H groups in total. The van der Waals surface area contributed by atoms with Crippen LogP contribution < -0.4 is 5.73 Å². The SMILES string of the molecule is [C-]#[N+]c1ccc(-c2cc(Br)c(N)nc2-c2ccc(C)cc2)cc1. The van der Waals surface area contributed by atoms with Gasteiger partial charge in [0.05, 0.1) is 16.7 Å². The number of hydrogen-bond acceptors (Lipinski definition) is 2. The third-order valence-electron chi connectivity index (χ3n) is 3.64. The van der Waals surface area contributed by atoms with Gasteiger partial charge in [-0.15, -0.1) is 0 Å². The molecule has 0 radical (unpaired) electrons. The molecule has 0 spiro atoms. The molecule has 0 atom stereocenters. The highest BCUT2D eigenvalue weighted by Crippen LogP contribution is 2.35. The molecule has 2 aromatic carbocycles. The van der Waals surface area contributed by atoms with Crippen LogP contribution in [0.15, 0.2) is 59.1 Å². The van der Waals surface area contributed by atoms with Gasteiger partial charge in [0.2, 0.25) is 0 Å². The molecule has 23 heavy (non-hydrogen) atoms. The first-order valence-corrected chi connectivity index (χ1v) is 7.89. The van der Waals surface area contributed by atoms with Gasteiger partial charge in [-0.25, -0.2) is 9.83 Å². The summed E-state index contributed by atoms with van der Waals surface area (Å²) in [4.78, 5) is 7.99. The molecule has 0 fully saturated rings. The molecule has 0 bridgehead atoms. The average Bonchev–Trinajstić information content (AvgIpc) is 2.58. The normalized spacial score (nSPS) is 10.3. The first-order chi connectivity index (χ1) is 11.1. The Balaban J connectivity index is 2.20. The Labute approximate surface area is 143 Å². The fourth-order valence-corrected chi connectivity index (χ4v) is 2.69. The topological polar surface area (TPSA) is 43.3 Å². The van der Waals surface area contributed by atoms with E-state index in [1.807, 2.05) is 42.5 Å². The zero-order valence-electron chi connectivity index (χ0n) is 12.5. The predicted molar refractivity (Wildman–Crippen MR) is 98.2 cm³/mol. The quantitative estimate of drug-likeness (QED) is 0.600. The van der Waals surface area contributed by atoms with Crippen LogP contribution in [0.4, 0.5) is 11.5 Å². The molecule has 0 aliphatic carbocycles. The van der Waals surface area contributed by atoms with Crippen molar-refractivity contribution in [2.45, 2.75) is 6.92 Å². The number of benzene rings is 2. The number of nitrogens with two attached hydrogens (primary N) is 1. The van der Waals surface area contributed by atoms with Gasteiger partial charge in [-0.1, -0.05) is 54.1 Å². The maximum atomic E-state index is 7.07. The van der Waals surface area contributed by atoms with E-state index in [0.29, 0.717) is 11.5 Å². The smallest absolute Gasteiger partial charge is 0.187 e. The number of rotatable bonds is 2. The van der Waals surface area contributed by atoms with Gasteiger partial charge in [0.15, 0.2) is 5.69 Å². The number of aromatic nitrogens is 1. The van der Waals surface area contributed by atoms with Gasteiger partial charge in [-0.2, -0.15) is 0 Å². The number of halogens is 1. The van der Waals surface area contributed by atoms with Crippen molar-refractivity contribution in [1.29, 1.82) is 0 Å². The van der Waals surface area contributed by atoms with E-state index < -0.39 is 0 Å². The molecular formula is C19H14BrN3. The molecule has 112 valence electrons. The van der Waals surface area contributed by atoms with Crippen molar-refractivity contribution in [3.05, 3.63) is 76.1 Å². The standard InChI is InChI=1S/C19H14BrN3/c1-12-3-5-14(6-4-12)18-16(11-17(20)19(21)23-18)13-7-9-15(22-2)10-8-13/h3-11H,1H3,(H2,21,23). The first kappa shape index (κ1) is 15.3. The zero-order chi connectivity index (χ0) is 16.4. The fourth-order valence-electron chi connectivity index (χ4n) is 2.37. The Morgan fingerprint density at radius 2 is 1.61 bits per heavy atom. The summed E-state index contributed by atoms with van der Waals surface area (Å²) in [5.74, 6) is 0.460. The van der Waals surface area contributed by atoms with Crippen LogP contribution >= 0.6 is 15.9 Å². The number of nitrogen functional groups attached to an aromatic ring is 1. The van der Waals surface area contributed by atoms with E-state index in [1.54, 1.807) is 0 Å². The minimum atomic E-state index is 0.460. The summed E-state index contributed by atoms with van der Waals surface area (Å²) in [6.07, 6.45) is 0. The molecular weight excluding hydrogens is 350 g/mol. The van der Waals surface area contributed by atoms with E-state index >= 15 is 0 Å². The van der Waals surface area contributed by atoms with E-state index in [-0.39, 0.29) is 0 Å². The molecule has 0 saturated heterocycles. The second-order valence-corrected chi connectivity index (χ2v) is 6.13. The number of pyridine rings is 1. The van der Waals surface area contributed by atoms with Crippen LogP contribution in [-0.4, -0.2) is 4.98 Å². The van der Waals surface area contributed by atoms with Gasteiger partial charge >= 0.3 is 0 Å². The van der Waals surface area contributed by atoms with Crippen LogP contribution in [0.2, 0.25) is 0 Å². The summed E-state index contributed by atoms with van der Waals surface area (Å²) in [6, 6.07) is 17.7. The monoisotopic (exact) mass is 363 g/mol. The minimum Gasteiger partial charge on any atom is -0.383 e. The molecule has 4 heteroatoms. The van der Waals surface area contributed by atoms with Gasteiger partial charge in [-0.05, 0) is 34.5 Å². The van der Waals surface area contributed by atoms with Crippen LogP contribution in [0, 0.1) is 13.5 Å². The predicted octanol–water partition coefficient (Wildman–Crippen LogP) is 5.62. The molecule has 1 heterocycles. The Morgan fingerprint density at radius 3 is 2.22 bits per heavy atom. The first-order valence-electron chi connectivity index (χ1n) is 7.09. The highest BCUT2D eigenvalue weighted by molar-refractivity contribution is 9.10. The molecule has 0 aliphatic heterocycles. The number of aryl methyl sites for hydroxylation is 1. The summed E-state index contributed by atoms with van der Waals surface area (Å²) in [5.41, 5.74) is 11.6. The Morgan fingerprint density at radius 1 is 1.00 bits per heavy atom. The third-order valence-corrected chi connectivity index (χ3v) is 4.27. The summed E-state index contributed by atoms with van der Waals surface area (Å²) < 4.78 is 0.762. The molecule has 3 aromatic rings. The van der Waals surface area contributed by atoms with Crippen molar-refractivity contribution < 1.29 is 0 Å². The molecule has 3 rings (SSSR count). The van der Waals surface area contributed by atoms with Crippen LogP contribution in [0.3, 0.4) is 0 Å². The van der Waals surface area contributed by atoms with E-state index in [2.05, 4.69) is 44.8 Å². The summed E-state index contributed by atoms with van der Waals surface area (Å²) in [7, 11) is 0. The van der Waals surface area contributed by atoms with Crippen LogP contribution in [-0.2, 0) is 0 Å². The number of hydrogen-bond donors (Lipinski definition) is 1. The third kappa shape index (κ3) is 3.10. The Bertz CT molecular complexity index is 892. The maximum Gasteiger partial charge on any atom is 0.187 e. The summed E-state index contributed by atoms with van der Waals surface area (Å²) in [6.45, 7) is 9.12. The van der Waals surface area contributed by atoms with E-state index in [9.17, 15) is 0 Å². The van der Waals surface area contributed by atoms with Crippen molar-refractivity contribution in [1.82, 2.24) is 4.98 Å². The maximum absolute atomic E-state index is 7.07. The lowest BCUT2D eigenvalue weighted by Crippen LogP contribution is -1.97. The molecule has 0 unspecified atom stereocenters. The molecule has 0 saturated carbocycles. The lowest BCUT2D eigenvalue weighted by atomic mass is 9.98. The average molecular weight is 364 g/mol. The van der Waals surface area contributed by atoms with Gasteiger partial charge in [0, 0.05) is 11.1 Å². The van der Waals surface area contributed by atoms with E-state index in [0.717, 1.165) is 26.9 Å². The second-order valence-electron chi connectivity index (χ2n) is 5.28. The lowest BCUT2D eigenvalue weighted by Gasteiger charge is -2.12. The van der Waals surface area contributed by atoms with Gasteiger partial charge in [0.1, 0.15) is 5.82 Å². The second kappa shape index (κ2) is 6.23. The van der Waals surface area contributed by atoms with Crippen LogP contribution in [0.25, 0.3) is 27.2 Å².